The standard InChI is InChI=1S/C18H17N5S/c1-11-6-5-7-14(8-11)17-21-22-18(23(17)4)24-16-9-12(2)20-13(3)15(16)10-19/h5-9H,1-4H3. The normalized spacial score (nSPS) is 10.6. The van der Waals surface area contributed by atoms with Crippen LogP contribution in [0.2, 0.25) is 0 Å². The number of nitriles is 1. The Morgan fingerprint density at radius 3 is 2.62 bits per heavy atom. The van der Waals surface area contributed by atoms with Gasteiger partial charge >= 0.3 is 0 Å². The number of benzene rings is 1. The van der Waals surface area contributed by atoms with E-state index in [0.717, 1.165) is 32.8 Å². The third-order valence-electron chi connectivity index (χ3n) is 3.72. The van der Waals surface area contributed by atoms with Crippen LogP contribution < -0.4 is 0 Å². The fourth-order valence-corrected chi connectivity index (χ4v) is 3.57. The third kappa shape index (κ3) is 3.03. The second-order valence-corrected chi connectivity index (χ2v) is 6.68. The van der Waals surface area contributed by atoms with Crippen molar-refractivity contribution in [2.45, 2.75) is 30.8 Å². The van der Waals surface area contributed by atoms with Gasteiger partial charge < -0.3 is 4.57 Å². The molecule has 0 aliphatic rings. The molecule has 2 aromatic heterocycles. The smallest absolute Gasteiger partial charge is 0.196 e. The molecule has 0 radical (unpaired) electrons. The molecule has 3 aromatic rings. The monoisotopic (exact) mass is 335 g/mol. The topological polar surface area (TPSA) is 67.4 Å². The molecule has 0 aliphatic heterocycles. The third-order valence-corrected chi connectivity index (χ3v) is 4.80. The minimum absolute atomic E-state index is 0.589. The van der Waals surface area contributed by atoms with Gasteiger partial charge in [-0.1, -0.05) is 23.8 Å². The molecule has 0 N–H and O–H groups in total. The van der Waals surface area contributed by atoms with E-state index in [9.17, 15) is 5.26 Å². The molecule has 0 spiro atoms. The number of hydrogen-bond acceptors (Lipinski definition) is 5. The predicted molar refractivity (Wildman–Crippen MR) is 93.7 cm³/mol. The van der Waals surface area contributed by atoms with E-state index in [1.165, 1.54) is 17.3 Å². The van der Waals surface area contributed by atoms with Crippen LogP contribution in [0.1, 0.15) is 22.5 Å². The Kier molecular flexibility index (Phi) is 4.36. The first-order valence-corrected chi connectivity index (χ1v) is 8.34. The lowest BCUT2D eigenvalue weighted by molar-refractivity contribution is 0.793. The lowest BCUT2D eigenvalue weighted by atomic mass is 10.1. The summed E-state index contributed by atoms with van der Waals surface area (Å²) in [6, 6.07) is 12.3. The van der Waals surface area contributed by atoms with Gasteiger partial charge in [0.2, 0.25) is 0 Å². The molecule has 0 atom stereocenters. The van der Waals surface area contributed by atoms with Gasteiger partial charge in [-0.2, -0.15) is 5.26 Å². The van der Waals surface area contributed by atoms with Gasteiger partial charge in [0.05, 0.1) is 11.3 Å². The van der Waals surface area contributed by atoms with E-state index >= 15 is 0 Å². The van der Waals surface area contributed by atoms with Gasteiger partial charge in [-0.05, 0) is 44.7 Å². The highest BCUT2D eigenvalue weighted by Gasteiger charge is 2.15. The van der Waals surface area contributed by atoms with E-state index in [0.29, 0.717) is 5.56 Å². The van der Waals surface area contributed by atoms with Gasteiger partial charge in [-0.3, -0.25) is 4.98 Å². The maximum absolute atomic E-state index is 9.41. The summed E-state index contributed by atoms with van der Waals surface area (Å²) in [5, 5.41) is 18.8. The van der Waals surface area contributed by atoms with Gasteiger partial charge in [-0.15, -0.1) is 10.2 Å². The van der Waals surface area contributed by atoms with Crippen molar-refractivity contribution in [3.63, 3.8) is 0 Å². The highest BCUT2D eigenvalue weighted by atomic mass is 32.2. The first kappa shape index (κ1) is 16.2. The molecule has 0 aliphatic carbocycles. The zero-order valence-electron chi connectivity index (χ0n) is 14.0. The highest BCUT2D eigenvalue weighted by Crippen LogP contribution is 2.32. The van der Waals surface area contributed by atoms with Crippen LogP contribution in [0.4, 0.5) is 0 Å². The molecule has 0 unspecified atom stereocenters. The Balaban J connectivity index is 2.01. The van der Waals surface area contributed by atoms with Crippen LogP contribution in [-0.2, 0) is 7.05 Å². The van der Waals surface area contributed by atoms with Gasteiger partial charge in [0.25, 0.3) is 0 Å². The molecule has 0 bridgehead atoms. The number of hydrogen-bond donors (Lipinski definition) is 0. The predicted octanol–water partition coefficient (Wildman–Crippen LogP) is 3.83. The van der Waals surface area contributed by atoms with Gasteiger partial charge in [-0.25, -0.2) is 0 Å². The number of nitrogens with zero attached hydrogens (tertiary/aromatic N) is 5. The van der Waals surface area contributed by atoms with E-state index < -0.39 is 0 Å². The maximum Gasteiger partial charge on any atom is 0.196 e. The molecule has 5 nitrogen and oxygen atoms in total. The van der Waals surface area contributed by atoms with Crippen LogP contribution in [0.15, 0.2) is 40.4 Å². The molecule has 24 heavy (non-hydrogen) atoms. The fraction of sp³-hybridized carbons (Fsp3) is 0.222. The minimum Gasteiger partial charge on any atom is -0.305 e. The Morgan fingerprint density at radius 1 is 1.12 bits per heavy atom. The van der Waals surface area contributed by atoms with Gasteiger partial charge in [0, 0.05) is 23.2 Å². The number of pyridine rings is 1. The zero-order chi connectivity index (χ0) is 17.3. The summed E-state index contributed by atoms with van der Waals surface area (Å²) in [5.41, 5.74) is 4.41. The Labute approximate surface area is 145 Å². The molecule has 1 aromatic carbocycles. The SMILES string of the molecule is Cc1cccc(-c2nnc(Sc3cc(C)nc(C)c3C#N)n2C)c1. The van der Waals surface area contributed by atoms with E-state index in [2.05, 4.69) is 40.3 Å². The molecule has 3 rings (SSSR count). The Hall–Kier alpha value is -2.65. The largest absolute Gasteiger partial charge is 0.305 e. The van der Waals surface area contributed by atoms with Crippen molar-refractivity contribution in [3.8, 4) is 17.5 Å². The summed E-state index contributed by atoms with van der Waals surface area (Å²) < 4.78 is 1.95. The zero-order valence-corrected chi connectivity index (χ0v) is 14.8. The maximum atomic E-state index is 9.41. The van der Waals surface area contributed by atoms with Crippen molar-refractivity contribution in [2.24, 2.45) is 7.05 Å². The molecule has 0 saturated heterocycles. The van der Waals surface area contributed by atoms with Gasteiger partial charge in [0.1, 0.15) is 6.07 Å². The van der Waals surface area contributed by atoms with Crippen LogP contribution >= 0.6 is 11.8 Å². The highest BCUT2D eigenvalue weighted by molar-refractivity contribution is 7.99. The molecule has 120 valence electrons. The van der Waals surface area contributed by atoms with Crippen molar-refractivity contribution in [1.29, 1.82) is 5.26 Å². The quantitative estimate of drug-likeness (QED) is 0.728. The first-order valence-electron chi connectivity index (χ1n) is 7.52. The van der Waals surface area contributed by atoms with Crippen LogP contribution in [0.25, 0.3) is 11.4 Å². The molecular weight excluding hydrogens is 318 g/mol. The van der Waals surface area contributed by atoms with Crippen molar-refractivity contribution >= 4 is 11.8 Å². The first-order chi connectivity index (χ1) is 11.5. The van der Waals surface area contributed by atoms with Crippen molar-refractivity contribution < 1.29 is 0 Å². The van der Waals surface area contributed by atoms with E-state index in [4.69, 9.17) is 0 Å². The van der Waals surface area contributed by atoms with Crippen molar-refractivity contribution in [3.05, 3.63) is 52.8 Å². The van der Waals surface area contributed by atoms with Crippen LogP contribution in [0, 0.1) is 32.1 Å². The van der Waals surface area contributed by atoms with Crippen molar-refractivity contribution in [1.82, 2.24) is 19.7 Å². The summed E-state index contributed by atoms with van der Waals surface area (Å²) in [7, 11) is 1.94. The lowest BCUT2D eigenvalue weighted by Crippen LogP contribution is -1.97. The molecule has 2 heterocycles. The second kappa shape index (κ2) is 6.46. The molecule has 0 fully saturated rings. The van der Waals surface area contributed by atoms with Crippen molar-refractivity contribution in [2.75, 3.05) is 0 Å². The van der Waals surface area contributed by atoms with Crippen LogP contribution in [0.5, 0.6) is 0 Å². The molecule has 0 amide bonds. The lowest BCUT2D eigenvalue weighted by Gasteiger charge is -2.08. The minimum atomic E-state index is 0.589. The van der Waals surface area contributed by atoms with E-state index in [1.54, 1.807) is 0 Å². The average molecular weight is 335 g/mol. The van der Waals surface area contributed by atoms with E-state index in [-0.39, 0.29) is 0 Å². The fourth-order valence-electron chi connectivity index (χ4n) is 2.55. The summed E-state index contributed by atoms with van der Waals surface area (Å²) in [4.78, 5) is 5.21. The van der Waals surface area contributed by atoms with Gasteiger partial charge in [0.15, 0.2) is 11.0 Å². The summed E-state index contributed by atoms with van der Waals surface area (Å²) >= 11 is 1.44. The van der Waals surface area contributed by atoms with E-state index in [1.807, 2.05) is 43.7 Å². The Morgan fingerprint density at radius 2 is 1.92 bits per heavy atom. The number of aryl methyl sites for hydroxylation is 3. The molecule has 6 heteroatoms. The average Bonchev–Trinajstić information content (AvgIpc) is 2.88. The van der Waals surface area contributed by atoms with Crippen LogP contribution in [0.3, 0.4) is 0 Å². The number of rotatable bonds is 3. The summed E-state index contributed by atoms with van der Waals surface area (Å²) in [6.45, 7) is 5.83. The molecule has 0 saturated carbocycles. The summed E-state index contributed by atoms with van der Waals surface area (Å²) in [5.74, 6) is 0.808. The van der Waals surface area contributed by atoms with Crippen LogP contribution in [-0.4, -0.2) is 19.7 Å². The molecular formula is C18H17N5S. The Bertz CT molecular complexity index is 953. The number of aromatic nitrogens is 4. The second-order valence-electron chi connectivity index (χ2n) is 5.67. The summed E-state index contributed by atoms with van der Waals surface area (Å²) in [6.07, 6.45) is 0.